The zero-order chi connectivity index (χ0) is 12.0. The normalized spacial score (nSPS) is 22.2. The van der Waals surface area contributed by atoms with Gasteiger partial charge in [0.2, 0.25) is 5.91 Å². The highest BCUT2D eigenvalue weighted by atomic mass is 16.3. The summed E-state index contributed by atoms with van der Waals surface area (Å²) >= 11 is 0. The Balaban J connectivity index is 2.58. The van der Waals surface area contributed by atoms with Crippen LogP contribution in [0.25, 0.3) is 0 Å². The van der Waals surface area contributed by atoms with E-state index in [-0.39, 0.29) is 11.3 Å². The lowest BCUT2D eigenvalue weighted by atomic mass is 9.79. The maximum absolute atomic E-state index is 12.1. The fraction of sp³-hybridized carbons (Fsp3) is 0.917. The Bertz CT molecular complexity index is 221. The van der Waals surface area contributed by atoms with E-state index in [1.54, 1.807) is 6.92 Å². The highest BCUT2D eigenvalue weighted by Gasteiger charge is 2.36. The number of hydrogen-bond acceptors (Lipinski definition) is 3. The summed E-state index contributed by atoms with van der Waals surface area (Å²) in [5, 5.41) is 12.0. The zero-order valence-corrected chi connectivity index (χ0v) is 10.2. The van der Waals surface area contributed by atoms with Gasteiger partial charge in [0.05, 0.1) is 11.5 Å². The van der Waals surface area contributed by atoms with Gasteiger partial charge in [0.1, 0.15) is 0 Å². The topological polar surface area (TPSA) is 75.3 Å². The van der Waals surface area contributed by atoms with Gasteiger partial charge in [-0.1, -0.05) is 25.7 Å². The lowest BCUT2D eigenvalue weighted by molar-refractivity contribution is -0.131. The van der Waals surface area contributed by atoms with E-state index in [0.717, 1.165) is 25.7 Å². The minimum absolute atomic E-state index is 0.0257. The van der Waals surface area contributed by atoms with Crippen molar-refractivity contribution in [1.29, 1.82) is 0 Å². The summed E-state index contributed by atoms with van der Waals surface area (Å²) in [5.41, 5.74) is 5.41. The summed E-state index contributed by atoms with van der Waals surface area (Å²) in [5.74, 6) is 0.0257. The molecule has 0 aromatic heterocycles. The summed E-state index contributed by atoms with van der Waals surface area (Å²) in [7, 11) is 0. The first-order valence-electron chi connectivity index (χ1n) is 6.27. The molecule has 0 saturated heterocycles. The molecule has 0 bridgehead atoms. The second-order valence-electron chi connectivity index (χ2n) is 4.96. The van der Waals surface area contributed by atoms with Crippen LogP contribution in [0.15, 0.2) is 0 Å². The molecule has 1 aliphatic rings. The van der Waals surface area contributed by atoms with Crippen LogP contribution in [0.1, 0.15) is 45.4 Å². The van der Waals surface area contributed by atoms with Crippen LogP contribution in [-0.4, -0.2) is 30.2 Å². The summed E-state index contributed by atoms with van der Waals surface area (Å²) in [6.45, 7) is 2.40. The average molecular weight is 228 g/mol. The van der Waals surface area contributed by atoms with Crippen LogP contribution < -0.4 is 11.1 Å². The van der Waals surface area contributed by atoms with Crippen molar-refractivity contribution in [2.75, 3.05) is 13.1 Å². The average Bonchev–Trinajstić information content (AvgIpc) is 2.51. The number of hydrogen-bond donors (Lipinski definition) is 3. The third kappa shape index (κ3) is 3.46. The predicted molar refractivity (Wildman–Crippen MR) is 63.9 cm³/mol. The molecule has 1 amide bonds. The van der Waals surface area contributed by atoms with Gasteiger partial charge in [0, 0.05) is 13.1 Å². The molecule has 4 nitrogen and oxygen atoms in total. The Labute approximate surface area is 97.6 Å². The van der Waals surface area contributed by atoms with Crippen molar-refractivity contribution in [3.63, 3.8) is 0 Å². The molecule has 1 aliphatic carbocycles. The Morgan fingerprint density at radius 3 is 2.38 bits per heavy atom. The Kier molecular flexibility index (Phi) is 5.22. The highest BCUT2D eigenvalue weighted by molar-refractivity contribution is 5.82. The van der Waals surface area contributed by atoms with Gasteiger partial charge in [-0.25, -0.2) is 0 Å². The minimum Gasteiger partial charge on any atom is -0.392 e. The highest BCUT2D eigenvalue weighted by Crippen LogP contribution is 2.34. The van der Waals surface area contributed by atoms with Crippen molar-refractivity contribution in [2.24, 2.45) is 11.1 Å². The van der Waals surface area contributed by atoms with Crippen LogP contribution in [0.5, 0.6) is 0 Å². The van der Waals surface area contributed by atoms with E-state index in [0.29, 0.717) is 13.1 Å². The number of carbonyl (C=O) groups is 1. The zero-order valence-electron chi connectivity index (χ0n) is 10.2. The third-order valence-electron chi connectivity index (χ3n) is 3.49. The molecule has 0 spiro atoms. The molecular formula is C12H24N2O2. The van der Waals surface area contributed by atoms with Crippen LogP contribution in [0.2, 0.25) is 0 Å². The molecule has 4 heteroatoms. The number of rotatable bonds is 4. The molecule has 0 aliphatic heterocycles. The van der Waals surface area contributed by atoms with Crippen molar-refractivity contribution in [3.8, 4) is 0 Å². The number of aliphatic hydroxyl groups is 1. The van der Waals surface area contributed by atoms with Crippen molar-refractivity contribution < 1.29 is 9.90 Å². The standard InChI is InChI=1S/C12H24N2O2/c1-10(15)8-14-11(16)12(9-13)6-4-2-3-5-7-12/h10,15H,2-9,13H2,1H3,(H,14,16)/t10-/m1/s1. The van der Waals surface area contributed by atoms with Gasteiger partial charge in [0.25, 0.3) is 0 Å². The molecule has 0 aromatic rings. The van der Waals surface area contributed by atoms with E-state index in [1.165, 1.54) is 12.8 Å². The van der Waals surface area contributed by atoms with Crippen molar-refractivity contribution in [2.45, 2.75) is 51.6 Å². The van der Waals surface area contributed by atoms with Gasteiger partial charge in [-0.2, -0.15) is 0 Å². The number of aliphatic hydroxyl groups excluding tert-OH is 1. The monoisotopic (exact) mass is 228 g/mol. The van der Waals surface area contributed by atoms with Gasteiger partial charge >= 0.3 is 0 Å². The molecule has 0 radical (unpaired) electrons. The molecule has 16 heavy (non-hydrogen) atoms. The first-order valence-corrected chi connectivity index (χ1v) is 6.27. The Hall–Kier alpha value is -0.610. The van der Waals surface area contributed by atoms with Crippen LogP contribution in [-0.2, 0) is 4.79 Å². The van der Waals surface area contributed by atoms with Crippen molar-refractivity contribution >= 4 is 5.91 Å². The molecule has 0 aromatic carbocycles. The van der Waals surface area contributed by atoms with Gasteiger partial charge in [-0.15, -0.1) is 0 Å². The molecular weight excluding hydrogens is 204 g/mol. The summed E-state index contributed by atoms with van der Waals surface area (Å²) in [6.07, 6.45) is 5.84. The van der Waals surface area contributed by atoms with E-state index in [1.807, 2.05) is 0 Å². The maximum atomic E-state index is 12.1. The van der Waals surface area contributed by atoms with Crippen LogP contribution >= 0.6 is 0 Å². The van der Waals surface area contributed by atoms with Gasteiger partial charge < -0.3 is 16.2 Å². The molecule has 0 heterocycles. The minimum atomic E-state index is -0.496. The van der Waals surface area contributed by atoms with Crippen molar-refractivity contribution in [3.05, 3.63) is 0 Å². The Morgan fingerprint density at radius 2 is 1.94 bits per heavy atom. The largest absolute Gasteiger partial charge is 0.392 e. The van der Waals surface area contributed by atoms with Crippen LogP contribution in [0, 0.1) is 5.41 Å². The van der Waals surface area contributed by atoms with Crippen molar-refractivity contribution in [1.82, 2.24) is 5.32 Å². The molecule has 1 atom stereocenters. The number of amides is 1. The lowest BCUT2D eigenvalue weighted by Crippen LogP contribution is -2.47. The fourth-order valence-electron chi connectivity index (χ4n) is 2.36. The smallest absolute Gasteiger partial charge is 0.227 e. The third-order valence-corrected chi connectivity index (χ3v) is 3.49. The first-order chi connectivity index (χ1) is 7.60. The second kappa shape index (κ2) is 6.21. The van der Waals surface area contributed by atoms with Gasteiger partial charge in [-0.3, -0.25) is 4.79 Å². The van der Waals surface area contributed by atoms with Gasteiger partial charge in [-0.05, 0) is 19.8 Å². The molecule has 1 rings (SSSR count). The maximum Gasteiger partial charge on any atom is 0.227 e. The Morgan fingerprint density at radius 1 is 1.38 bits per heavy atom. The molecule has 4 N–H and O–H groups in total. The molecule has 1 saturated carbocycles. The summed E-state index contributed by atoms with van der Waals surface area (Å²) < 4.78 is 0. The predicted octanol–water partition coefficient (Wildman–Crippen LogP) is 0.783. The number of nitrogens with one attached hydrogen (secondary N) is 1. The fourth-order valence-corrected chi connectivity index (χ4v) is 2.36. The quantitative estimate of drug-likeness (QED) is 0.622. The second-order valence-corrected chi connectivity index (χ2v) is 4.96. The van der Waals surface area contributed by atoms with E-state index in [9.17, 15) is 4.79 Å². The number of carbonyl (C=O) groups excluding carboxylic acids is 1. The van der Waals surface area contributed by atoms with E-state index in [2.05, 4.69) is 5.32 Å². The molecule has 94 valence electrons. The SMILES string of the molecule is C[C@@H](O)CNC(=O)C1(CN)CCCCCC1. The first kappa shape index (κ1) is 13.5. The summed E-state index contributed by atoms with van der Waals surface area (Å²) in [6, 6.07) is 0. The molecule has 1 fully saturated rings. The number of nitrogens with two attached hydrogens (primary N) is 1. The summed E-state index contributed by atoms with van der Waals surface area (Å²) in [4.78, 5) is 12.1. The van der Waals surface area contributed by atoms with E-state index in [4.69, 9.17) is 10.8 Å². The van der Waals surface area contributed by atoms with Crippen LogP contribution in [0.4, 0.5) is 0 Å². The van der Waals surface area contributed by atoms with E-state index >= 15 is 0 Å². The molecule has 0 unspecified atom stereocenters. The van der Waals surface area contributed by atoms with Gasteiger partial charge in [0.15, 0.2) is 0 Å². The van der Waals surface area contributed by atoms with Crippen LogP contribution in [0.3, 0.4) is 0 Å². The van der Waals surface area contributed by atoms with E-state index < -0.39 is 6.10 Å². The lowest BCUT2D eigenvalue weighted by Gasteiger charge is -2.30.